The zero-order valence-electron chi connectivity index (χ0n) is 15.7. The number of rotatable bonds is 5. The maximum absolute atomic E-state index is 12.8. The van der Waals surface area contributed by atoms with Crippen molar-refractivity contribution in [3.63, 3.8) is 0 Å². The molecule has 0 atom stereocenters. The van der Waals surface area contributed by atoms with Gasteiger partial charge < -0.3 is 15.5 Å². The van der Waals surface area contributed by atoms with Crippen molar-refractivity contribution < 1.29 is 9.59 Å². The van der Waals surface area contributed by atoms with Crippen LogP contribution < -0.4 is 10.6 Å². The van der Waals surface area contributed by atoms with E-state index < -0.39 is 0 Å². The van der Waals surface area contributed by atoms with Gasteiger partial charge in [-0.25, -0.2) is 0 Å². The number of nitrogens with one attached hydrogen (secondary N) is 2. The molecule has 2 N–H and O–H groups in total. The summed E-state index contributed by atoms with van der Waals surface area (Å²) in [7, 11) is 2.09. The first kappa shape index (κ1) is 19.3. The van der Waals surface area contributed by atoms with E-state index in [4.69, 9.17) is 0 Å². The highest BCUT2D eigenvalue weighted by Crippen LogP contribution is 2.15. The van der Waals surface area contributed by atoms with E-state index in [0.29, 0.717) is 5.56 Å². The summed E-state index contributed by atoms with van der Waals surface area (Å²) in [6.07, 6.45) is 3.57. The number of piperidine rings is 1. The smallest absolute Gasteiger partial charge is 0.268 e. The molecular formula is C21H25N3O2S. The van der Waals surface area contributed by atoms with Gasteiger partial charge in [-0.05, 0) is 69.6 Å². The van der Waals surface area contributed by atoms with Gasteiger partial charge in [0, 0.05) is 16.5 Å². The molecule has 0 bridgehead atoms. The van der Waals surface area contributed by atoms with Crippen LogP contribution in [0.2, 0.25) is 0 Å². The fourth-order valence-electron chi connectivity index (χ4n) is 2.99. The van der Waals surface area contributed by atoms with Gasteiger partial charge in [-0.15, -0.1) is 11.3 Å². The molecule has 1 saturated heterocycles. The van der Waals surface area contributed by atoms with Crippen LogP contribution in [0.3, 0.4) is 0 Å². The first-order valence-corrected chi connectivity index (χ1v) is 10.0. The number of carbonyl (C=O) groups excluding carboxylic acids is 2. The van der Waals surface area contributed by atoms with Gasteiger partial charge in [0.1, 0.15) is 5.70 Å². The number of amides is 2. The molecule has 0 unspecified atom stereocenters. The summed E-state index contributed by atoms with van der Waals surface area (Å²) >= 11 is 1.53. The van der Waals surface area contributed by atoms with Crippen molar-refractivity contribution in [1.29, 1.82) is 0 Å². The summed E-state index contributed by atoms with van der Waals surface area (Å²) in [5.74, 6) is -0.519. The van der Waals surface area contributed by atoms with Crippen LogP contribution in [-0.2, 0) is 4.79 Å². The number of hydrogen-bond donors (Lipinski definition) is 2. The second-order valence-electron chi connectivity index (χ2n) is 6.94. The normalized spacial score (nSPS) is 16.1. The Kier molecular flexibility index (Phi) is 6.42. The standard InChI is InChI=1S/C21H25N3O2S/c1-15-5-7-16(8-6-15)20(25)23-19(14-18-4-3-13-27-18)21(26)22-17-9-11-24(2)12-10-17/h3-8,13-14,17H,9-12H2,1-2H3,(H,22,26)(H,23,25)/b19-14-. The van der Waals surface area contributed by atoms with E-state index in [1.807, 2.05) is 36.6 Å². The van der Waals surface area contributed by atoms with Crippen LogP contribution in [0.25, 0.3) is 6.08 Å². The summed E-state index contributed by atoms with van der Waals surface area (Å²) in [4.78, 5) is 28.6. The summed E-state index contributed by atoms with van der Waals surface area (Å²) in [6.45, 7) is 3.90. The molecule has 2 heterocycles. The van der Waals surface area contributed by atoms with Crippen LogP contribution in [0.4, 0.5) is 0 Å². The number of nitrogens with zero attached hydrogens (tertiary/aromatic N) is 1. The predicted molar refractivity (Wildman–Crippen MR) is 110 cm³/mol. The van der Waals surface area contributed by atoms with Gasteiger partial charge in [0.25, 0.3) is 11.8 Å². The monoisotopic (exact) mass is 383 g/mol. The predicted octanol–water partition coefficient (Wildman–Crippen LogP) is 3.04. The van der Waals surface area contributed by atoms with Gasteiger partial charge in [-0.3, -0.25) is 9.59 Å². The number of hydrogen-bond acceptors (Lipinski definition) is 4. The van der Waals surface area contributed by atoms with Crippen LogP contribution in [-0.4, -0.2) is 42.9 Å². The maximum atomic E-state index is 12.8. The van der Waals surface area contributed by atoms with E-state index in [1.165, 1.54) is 11.3 Å². The summed E-state index contributed by atoms with van der Waals surface area (Å²) < 4.78 is 0. The quantitative estimate of drug-likeness (QED) is 0.780. The fourth-order valence-corrected chi connectivity index (χ4v) is 3.65. The average molecular weight is 384 g/mol. The third kappa shape index (κ3) is 5.52. The zero-order chi connectivity index (χ0) is 19.2. The summed E-state index contributed by atoms with van der Waals surface area (Å²) in [6, 6.07) is 11.3. The van der Waals surface area contributed by atoms with Crippen LogP contribution in [0, 0.1) is 6.92 Å². The largest absolute Gasteiger partial charge is 0.348 e. The minimum absolute atomic E-state index is 0.136. The molecule has 1 aromatic carbocycles. The molecule has 3 rings (SSSR count). The van der Waals surface area contributed by atoms with E-state index in [0.717, 1.165) is 36.4 Å². The minimum Gasteiger partial charge on any atom is -0.348 e. The molecule has 0 aliphatic carbocycles. The van der Waals surface area contributed by atoms with Crippen LogP contribution in [0.1, 0.15) is 33.6 Å². The lowest BCUT2D eigenvalue weighted by Gasteiger charge is -2.29. The molecule has 1 aromatic heterocycles. The van der Waals surface area contributed by atoms with Crippen LogP contribution in [0.5, 0.6) is 0 Å². The molecular weight excluding hydrogens is 358 g/mol. The minimum atomic E-state index is -0.281. The first-order chi connectivity index (χ1) is 13.0. The molecule has 0 spiro atoms. The van der Waals surface area contributed by atoms with Crippen molar-refractivity contribution in [1.82, 2.24) is 15.5 Å². The average Bonchev–Trinajstić information content (AvgIpc) is 3.16. The number of carbonyl (C=O) groups is 2. The first-order valence-electron chi connectivity index (χ1n) is 9.14. The van der Waals surface area contributed by atoms with Gasteiger partial charge in [0.15, 0.2) is 0 Å². The number of likely N-dealkylation sites (tertiary alicyclic amines) is 1. The van der Waals surface area contributed by atoms with Gasteiger partial charge in [-0.2, -0.15) is 0 Å². The molecule has 0 saturated carbocycles. The molecule has 1 aliphatic heterocycles. The highest BCUT2D eigenvalue weighted by Gasteiger charge is 2.21. The second-order valence-corrected chi connectivity index (χ2v) is 7.92. The number of benzene rings is 1. The lowest BCUT2D eigenvalue weighted by Crippen LogP contribution is -2.45. The van der Waals surface area contributed by atoms with Crippen molar-refractivity contribution in [2.75, 3.05) is 20.1 Å². The Morgan fingerprint density at radius 2 is 1.85 bits per heavy atom. The highest BCUT2D eigenvalue weighted by atomic mass is 32.1. The van der Waals surface area contributed by atoms with Gasteiger partial charge in [0.2, 0.25) is 0 Å². The van der Waals surface area contributed by atoms with Gasteiger partial charge >= 0.3 is 0 Å². The Hall–Kier alpha value is -2.44. The molecule has 27 heavy (non-hydrogen) atoms. The highest BCUT2D eigenvalue weighted by molar-refractivity contribution is 7.10. The molecule has 0 radical (unpaired) electrons. The summed E-state index contributed by atoms with van der Waals surface area (Å²) in [5, 5.41) is 7.81. The Bertz CT molecular complexity index is 804. The molecule has 142 valence electrons. The summed E-state index contributed by atoms with van der Waals surface area (Å²) in [5.41, 5.74) is 1.90. The van der Waals surface area contributed by atoms with E-state index in [9.17, 15) is 9.59 Å². The Morgan fingerprint density at radius 3 is 2.48 bits per heavy atom. The van der Waals surface area contributed by atoms with Crippen molar-refractivity contribution in [3.05, 3.63) is 63.5 Å². The van der Waals surface area contributed by atoms with E-state index in [1.54, 1.807) is 18.2 Å². The van der Waals surface area contributed by atoms with E-state index in [2.05, 4.69) is 22.6 Å². The van der Waals surface area contributed by atoms with Gasteiger partial charge in [-0.1, -0.05) is 23.8 Å². The number of thiophene rings is 1. The van der Waals surface area contributed by atoms with Crippen molar-refractivity contribution in [2.45, 2.75) is 25.8 Å². The Morgan fingerprint density at radius 1 is 1.15 bits per heavy atom. The van der Waals surface area contributed by atoms with Crippen molar-refractivity contribution >= 4 is 29.2 Å². The van der Waals surface area contributed by atoms with Crippen molar-refractivity contribution in [2.24, 2.45) is 0 Å². The Balaban J connectivity index is 1.73. The third-order valence-electron chi connectivity index (χ3n) is 4.69. The van der Waals surface area contributed by atoms with Crippen LogP contribution in [0.15, 0.2) is 47.5 Å². The third-order valence-corrected chi connectivity index (χ3v) is 5.51. The maximum Gasteiger partial charge on any atom is 0.268 e. The zero-order valence-corrected chi connectivity index (χ0v) is 16.5. The molecule has 5 nitrogen and oxygen atoms in total. The van der Waals surface area contributed by atoms with E-state index in [-0.39, 0.29) is 23.6 Å². The topological polar surface area (TPSA) is 61.4 Å². The molecule has 1 aliphatic rings. The van der Waals surface area contributed by atoms with Crippen LogP contribution >= 0.6 is 11.3 Å². The Labute approximate surface area is 164 Å². The van der Waals surface area contributed by atoms with Crippen molar-refractivity contribution in [3.8, 4) is 0 Å². The molecule has 6 heteroatoms. The molecule has 2 aromatic rings. The SMILES string of the molecule is Cc1ccc(C(=O)N/C(=C\c2cccs2)C(=O)NC2CCN(C)CC2)cc1. The van der Waals surface area contributed by atoms with E-state index >= 15 is 0 Å². The lowest BCUT2D eigenvalue weighted by atomic mass is 10.1. The molecule has 2 amide bonds. The fraction of sp³-hybridized carbons (Fsp3) is 0.333. The lowest BCUT2D eigenvalue weighted by molar-refractivity contribution is -0.118. The second kappa shape index (κ2) is 8.97. The molecule has 1 fully saturated rings. The van der Waals surface area contributed by atoms with Gasteiger partial charge in [0.05, 0.1) is 0 Å². The number of aryl methyl sites for hydroxylation is 1.